The molecule has 19 heavy (non-hydrogen) atoms. The molecule has 1 aromatic rings. The van der Waals surface area contributed by atoms with E-state index in [1.165, 1.54) is 26.2 Å². The van der Waals surface area contributed by atoms with E-state index in [9.17, 15) is 22.7 Å². The number of methoxy groups -OCH3 is 1. The van der Waals surface area contributed by atoms with Crippen LogP contribution in [-0.4, -0.2) is 18.4 Å². The van der Waals surface area contributed by atoms with Crippen LogP contribution in [0.15, 0.2) is 18.2 Å². The molecule has 1 atom stereocenters. The monoisotopic (exact) mass is 280 g/mol. The highest BCUT2D eigenvalue weighted by molar-refractivity contribution is 5.32. The zero-order valence-corrected chi connectivity index (χ0v) is 10.7. The zero-order valence-electron chi connectivity index (χ0n) is 10.7. The first kappa shape index (κ1) is 15.8. The predicted molar refractivity (Wildman–Crippen MR) is 62.4 cm³/mol. The van der Waals surface area contributed by atoms with Gasteiger partial charge >= 0.3 is 6.18 Å². The summed E-state index contributed by atoms with van der Waals surface area (Å²) in [5.74, 6) is -0.633. The third-order valence-corrected chi connectivity index (χ3v) is 2.90. The minimum absolute atomic E-state index is 0.0230. The van der Waals surface area contributed by atoms with E-state index < -0.39 is 24.0 Å². The molecule has 6 heteroatoms. The third kappa shape index (κ3) is 4.70. The molecule has 0 aromatic heterocycles. The number of hydrogen-bond donors (Lipinski definition) is 1. The van der Waals surface area contributed by atoms with Crippen molar-refractivity contribution in [1.29, 1.82) is 0 Å². The van der Waals surface area contributed by atoms with Crippen LogP contribution in [-0.2, 0) is 5.60 Å². The van der Waals surface area contributed by atoms with Gasteiger partial charge in [-0.3, -0.25) is 0 Å². The highest BCUT2D eigenvalue weighted by Crippen LogP contribution is 2.32. The van der Waals surface area contributed by atoms with Crippen molar-refractivity contribution < 1.29 is 27.4 Å². The lowest BCUT2D eigenvalue weighted by atomic mass is 9.90. The molecule has 0 saturated carbocycles. The maximum atomic E-state index is 13.5. The molecule has 1 unspecified atom stereocenters. The van der Waals surface area contributed by atoms with Crippen molar-refractivity contribution in [3.63, 3.8) is 0 Å². The van der Waals surface area contributed by atoms with Crippen molar-refractivity contribution in [2.75, 3.05) is 7.11 Å². The average molecular weight is 280 g/mol. The summed E-state index contributed by atoms with van der Waals surface area (Å²) < 4.78 is 54.3. The van der Waals surface area contributed by atoms with Gasteiger partial charge in [-0.05, 0) is 37.5 Å². The molecule has 0 radical (unpaired) electrons. The summed E-state index contributed by atoms with van der Waals surface area (Å²) in [6.07, 6.45) is -5.54. The molecule has 108 valence electrons. The second-order valence-electron chi connectivity index (χ2n) is 4.59. The molecule has 0 saturated heterocycles. The van der Waals surface area contributed by atoms with Gasteiger partial charge in [-0.2, -0.15) is 13.2 Å². The van der Waals surface area contributed by atoms with Crippen LogP contribution in [0.1, 0.15) is 31.7 Å². The Morgan fingerprint density at radius 3 is 2.32 bits per heavy atom. The first-order valence-corrected chi connectivity index (χ1v) is 5.79. The van der Waals surface area contributed by atoms with Crippen LogP contribution in [0.5, 0.6) is 5.75 Å². The highest BCUT2D eigenvalue weighted by atomic mass is 19.4. The van der Waals surface area contributed by atoms with Gasteiger partial charge in [-0.25, -0.2) is 4.39 Å². The Bertz CT molecular complexity index is 427. The third-order valence-electron chi connectivity index (χ3n) is 2.90. The molecule has 0 bridgehead atoms. The Morgan fingerprint density at radius 1 is 1.21 bits per heavy atom. The van der Waals surface area contributed by atoms with Crippen LogP contribution in [0.25, 0.3) is 0 Å². The summed E-state index contributed by atoms with van der Waals surface area (Å²) in [5, 5.41) is 10.1. The van der Waals surface area contributed by atoms with Gasteiger partial charge in [0.2, 0.25) is 0 Å². The van der Waals surface area contributed by atoms with Gasteiger partial charge in [0.05, 0.1) is 12.7 Å². The van der Waals surface area contributed by atoms with E-state index in [2.05, 4.69) is 0 Å². The first-order valence-electron chi connectivity index (χ1n) is 5.79. The van der Waals surface area contributed by atoms with Crippen LogP contribution in [0, 0.1) is 5.82 Å². The Balaban J connectivity index is 2.74. The lowest BCUT2D eigenvalue weighted by Gasteiger charge is -2.24. The van der Waals surface area contributed by atoms with E-state index in [1.54, 1.807) is 0 Å². The van der Waals surface area contributed by atoms with Crippen LogP contribution in [0.3, 0.4) is 0 Å². The van der Waals surface area contributed by atoms with Crippen molar-refractivity contribution in [2.45, 2.75) is 38.0 Å². The van der Waals surface area contributed by atoms with Crippen LogP contribution in [0.2, 0.25) is 0 Å². The number of alkyl halides is 3. The quantitative estimate of drug-likeness (QED) is 0.832. The van der Waals surface area contributed by atoms with Crippen molar-refractivity contribution in [3.8, 4) is 5.75 Å². The van der Waals surface area contributed by atoms with Gasteiger partial charge in [-0.1, -0.05) is 6.07 Å². The smallest absolute Gasteiger partial charge is 0.389 e. The molecule has 0 fully saturated rings. The molecule has 2 nitrogen and oxygen atoms in total. The van der Waals surface area contributed by atoms with Gasteiger partial charge in [0, 0.05) is 6.42 Å². The Morgan fingerprint density at radius 2 is 1.84 bits per heavy atom. The molecule has 1 rings (SSSR count). The van der Waals surface area contributed by atoms with Gasteiger partial charge in [0.1, 0.15) is 0 Å². The number of halogens is 4. The molecule has 0 amide bonds. The van der Waals surface area contributed by atoms with E-state index in [0.29, 0.717) is 0 Å². The second-order valence-corrected chi connectivity index (χ2v) is 4.59. The standard InChI is InChI=1S/C13H16F4O2/c1-12(18,6-3-7-13(15,16)17)9-4-5-11(19-2)10(14)8-9/h4-5,8,18H,3,6-7H2,1-2H3. The lowest BCUT2D eigenvalue weighted by molar-refractivity contribution is -0.137. The van der Waals surface area contributed by atoms with Crippen LogP contribution in [0.4, 0.5) is 17.6 Å². The summed E-state index contributed by atoms with van der Waals surface area (Å²) >= 11 is 0. The number of benzene rings is 1. The number of hydrogen-bond acceptors (Lipinski definition) is 2. The SMILES string of the molecule is COc1ccc(C(C)(O)CCCC(F)(F)F)cc1F. The van der Waals surface area contributed by atoms with Crippen LogP contribution >= 0.6 is 0 Å². The maximum absolute atomic E-state index is 13.5. The summed E-state index contributed by atoms with van der Waals surface area (Å²) in [4.78, 5) is 0. The van der Waals surface area contributed by atoms with E-state index >= 15 is 0 Å². The molecule has 0 aliphatic carbocycles. The second kappa shape index (κ2) is 5.77. The van der Waals surface area contributed by atoms with E-state index in [-0.39, 0.29) is 24.2 Å². The fraction of sp³-hybridized carbons (Fsp3) is 0.538. The molecule has 1 N–H and O–H groups in total. The average Bonchev–Trinajstić information content (AvgIpc) is 2.26. The van der Waals surface area contributed by atoms with E-state index in [1.807, 2.05) is 0 Å². The largest absolute Gasteiger partial charge is 0.494 e. The fourth-order valence-corrected chi connectivity index (χ4v) is 1.78. The minimum atomic E-state index is -4.25. The summed E-state index contributed by atoms with van der Waals surface area (Å²) in [6, 6.07) is 3.85. The van der Waals surface area contributed by atoms with Crippen molar-refractivity contribution >= 4 is 0 Å². The topological polar surface area (TPSA) is 29.5 Å². The van der Waals surface area contributed by atoms with Crippen molar-refractivity contribution in [2.24, 2.45) is 0 Å². The Kier molecular flexibility index (Phi) is 4.79. The van der Waals surface area contributed by atoms with Crippen LogP contribution < -0.4 is 4.74 Å². The first-order chi connectivity index (χ1) is 8.65. The van der Waals surface area contributed by atoms with Gasteiger partial charge in [0.15, 0.2) is 11.6 Å². The van der Waals surface area contributed by atoms with Gasteiger partial charge in [0.25, 0.3) is 0 Å². The number of ether oxygens (including phenoxy) is 1. The molecule has 0 aliphatic rings. The summed E-state index contributed by atoms with van der Waals surface area (Å²) in [5.41, 5.74) is -1.27. The number of aliphatic hydroxyl groups is 1. The van der Waals surface area contributed by atoms with Gasteiger partial charge < -0.3 is 9.84 Å². The zero-order chi connectivity index (χ0) is 14.7. The fourth-order valence-electron chi connectivity index (χ4n) is 1.78. The molecule has 0 aliphatic heterocycles. The highest BCUT2D eigenvalue weighted by Gasteiger charge is 2.30. The molecular formula is C13H16F4O2. The maximum Gasteiger partial charge on any atom is 0.389 e. The van der Waals surface area contributed by atoms with Crippen molar-refractivity contribution in [1.82, 2.24) is 0 Å². The molecule has 1 aromatic carbocycles. The molecular weight excluding hydrogens is 264 g/mol. The van der Waals surface area contributed by atoms with Gasteiger partial charge in [-0.15, -0.1) is 0 Å². The van der Waals surface area contributed by atoms with E-state index in [0.717, 1.165) is 6.07 Å². The van der Waals surface area contributed by atoms with E-state index in [4.69, 9.17) is 4.74 Å². The Labute approximate surface area is 109 Å². The minimum Gasteiger partial charge on any atom is -0.494 e. The predicted octanol–water partition coefficient (Wildman–Crippen LogP) is 3.77. The summed E-state index contributed by atoms with van der Waals surface area (Å²) in [6.45, 7) is 1.37. The van der Waals surface area contributed by atoms with Crippen molar-refractivity contribution in [3.05, 3.63) is 29.6 Å². The summed E-state index contributed by atoms with van der Waals surface area (Å²) in [7, 11) is 1.31. The normalized spacial score (nSPS) is 15.1. The molecule has 0 spiro atoms. The molecule has 0 heterocycles. The lowest BCUT2D eigenvalue weighted by Crippen LogP contribution is -2.22. The Hall–Kier alpha value is -1.30. The number of rotatable bonds is 5.